The zero-order chi connectivity index (χ0) is 34.4. The lowest BCUT2D eigenvalue weighted by atomic mass is 9.89. The molecule has 7 nitrogen and oxygen atoms in total. The van der Waals surface area contributed by atoms with Crippen LogP contribution in [0.15, 0.2) is 91.0 Å². The lowest BCUT2D eigenvalue weighted by molar-refractivity contribution is -0.117. The molecule has 0 saturated carbocycles. The van der Waals surface area contributed by atoms with Crippen LogP contribution in [0.4, 0.5) is 10.1 Å². The summed E-state index contributed by atoms with van der Waals surface area (Å²) in [5.41, 5.74) is 5.21. The molecule has 246 valence electrons. The molecule has 4 aromatic rings. The lowest BCUT2D eigenvalue weighted by Gasteiger charge is -2.19. The van der Waals surface area contributed by atoms with Crippen molar-refractivity contribution >= 4 is 45.3 Å². The molecule has 0 aliphatic rings. The van der Waals surface area contributed by atoms with Crippen LogP contribution >= 0.6 is 11.6 Å². The van der Waals surface area contributed by atoms with E-state index in [9.17, 15) is 18.0 Å². The van der Waals surface area contributed by atoms with E-state index in [1.54, 1.807) is 42.5 Å². The second-order valence-corrected chi connectivity index (χ2v) is 14.5. The van der Waals surface area contributed by atoms with Gasteiger partial charge in [-0.1, -0.05) is 93.1 Å². The molecule has 0 spiro atoms. The standard InChI is InChI=1S/C37H38ClFN2O5S/c1-24-21-30(38)14-15-31(24)29-13-16-34(33(39)23-29)41-36(43)32(27-9-5-25(6-10-27)17-18-37(2,3)4)22-26-7-11-28(12-8-26)35(42)40-19-20-47(44,45)46/h5-18,21,23,32H,19-20,22H2,1-4H3,(H,40,42)(H,41,43)(H,44,45,46)/b18-17+. The zero-order valence-electron chi connectivity index (χ0n) is 26.7. The molecule has 1 unspecified atom stereocenters. The van der Waals surface area contributed by atoms with Gasteiger partial charge in [-0.2, -0.15) is 8.42 Å². The molecule has 1 atom stereocenters. The third kappa shape index (κ3) is 10.6. The highest BCUT2D eigenvalue weighted by Crippen LogP contribution is 2.30. The quantitative estimate of drug-likeness (QED) is 0.139. The van der Waals surface area contributed by atoms with E-state index >= 15 is 4.39 Å². The molecule has 0 heterocycles. The van der Waals surface area contributed by atoms with E-state index in [1.807, 2.05) is 49.4 Å². The number of allylic oxidation sites excluding steroid dienone is 1. The molecular formula is C37H38ClFN2O5S. The van der Waals surface area contributed by atoms with Crippen LogP contribution in [-0.4, -0.2) is 37.1 Å². The highest BCUT2D eigenvalue weighted by Gasteiger charge is 2.23. The van der Waals surface area contributed by atoms with Crippen LogP contribution in [0, 0.1) is 18.2 Å². The number of carbonyl (C=O) groups is 2. The topological polar surface area (TPSA) is 113 Å². The maximum Gasteiger partial charge on any atom is 0.266 e. The minimum Gasteiger partial charge on any atom is -0.351 e. The van der Waals surface area contributed by atoms with Gasteiger partial charge in [0.05, 0.1) is 17.4 Å². The lowest BCUT2D eigenvalue weighted by Crippen LogP contribution is -2.28. The Hall–Kier alpha value is -4.31. The van der Waals surface area contributed by atoms with Crippen molar-refractivity contribution in [3.63, 3.8) is 0 Å². The zero-order valence-corrected chi connectivity index (χ0v) is 28.3. The van der Waals surface area contributed by atoms with Gasteiger partial charge in [-0.15, -0.1) is 0 Å². The van der Waals surface area contributed by atoms with Crippen molar-refractivity contribution in [2.45, 2.75) is 40.0 Å². The fourth-order valence-electron chi connectivity index (χ4n) is 4.93. The average Bonchev–Trinajstić information content (AvgIpc) is 2.99. The van der Waals surface area contributed by atoms with E-state index in [1.165, 1.54) is 6.07 Å². The first-order valence-corrected chi connectivity index (χ1v) is 17.1. The Kier molecular flexibility index (Phi) is 11.4. The molecular weight excluding hydrogens is 639 g/mol. The van der Waals surface area contributed by atoms with E-state index in [0.29, 0.717) is 10.6 Å². The Balaban J connectivity index is 1.57. The molecule has 10 heteroatoms. The minimum absolute atomic E-state index is 0.00652. The first-order chi connectivity index (χ1) is 22.1. The maximum absolute atomic E-state index is 15.4. The van der Waals surface area contributed by atoms with Crippen molar-refractivity contribution < 1.29 is 27.0 Å². The number of aryl methyl sites for hydroxylation is 1. The van der Waals surface area contributed by atoms with Crippen LogP contribution in [0.1, 0.15) is 59.3 Å². The van der Waals surface area contributed by atoms with E-state index in [0.717, 1.165) is 27.8 Å². The summed E-state index contributed by atoms with van der Waals surface area (Å²) in [6.07, 6.45) is 4.39. The molecule has 0 radical (unpaired) electrons. The van der Waals surface area contributed by atoms with E-state index < -0.39 is 39.4 Å². The summed E-state index contributed by atoms with van der Waals surface area (Å²) in [7, 11) is -4.20. The summed E-state index contributed by atoms with van der Waals surface area (Å²) in [6.45, 7) is 7.98. The van der Waals surface area contributed by atoms with E-state index in [-0.39, 0.29) is 29.6 Å². The van der Waals surface area contributed by atoms with Crippen molar-refractivity contribution in [3.8, 4) is 11.1 Å². The van der Waals surface area contributed by atoms with Crippen molar-refractivity contribution in [1.29, 1.82) is 0 Å². The molecule has 47 heavy (non-hydrogen) atoms. The normalized spacial score (nSPS) is 12.6. The Bertz CT molecular complexity index is 1880. The van der Waals surface area contributed by atoms with Gasteiger partial charge in [-0.3, -0.25) is 14.1 Å². The summed E-state index contributed by atoms with van der Waals surface area (Å²) in [5, 5.41) is 5.81. The van der Waals surface area contributed by atoms with Crippen molar-refractivity contribution in [1.82, 2.24) is 5.32 Å². The second-order valence-electron chi connectivity index (χ2n) is 12.5. The molecule has 2 amide bonds. The average molecular weight is 677 g/mol. The molecule has 0 aliphatic carbocycles. The largest absolute Gasteiger partial charge is 0.351 e. The van der Waals surface area contributed by atoms with Crippen LogP contribution in [0.2, 0.25) is 5.02 Å². The van der Waals surface area contributed by atoms with Crippen LogP contribution in [-0.2, 0) is 21.3 Å². The number of anilines is 1. The molecule has 4 aromatic carbocycles. The summed E-state index contributed by atoms with van der Waals surface area (Å²) < 4.78 is 46.1. The van der Waals surface area contributed by atoms with Gasteiger partial charge in [0.1, 0.15) is 5.82 Å². The van der Waals surface area contributed by atoms with Gasteiger partial charge in [0.15, 0.2) is 0 Å². The Morgan fingerprint density at radius 1 is 0.957 bits per heavy atom. The first kappa shape index (κ1) is 35.5. The molecule has 4 rings (SSSR count). The van der Waals surface area contributed by atoms with Gasteiger partial charge < -0.3 is 10.6 Å². The number of rotatable bonds is 11. The second kappa shape index (κ2) is 15.1. The predicted molar refractivity (Wildman–Crippen MR) is 187 cm³/mol. The number of halogens is 2. The predicted octanol–water partition coefficient (Wildman–Crippen LogP) is 8.10. The number of hydrogen-bond donors (Lipinski definition) is 3. The third-order valence-corrected chi connectivity index (χ3v) is 8.41. The van der Waals surface area contributed by atoms with Gasteiger partial charge in [0, 0.05) is 17.1 Å². The number of hydrogen-bond acceptors (Lipinski definition) is 4. The van der Waals surface area contributed by atoms with Crippen molar-refractivity contribution in [3.05, 3.63) is 130 Å². The maximum atomic E-state index is 15.4. The van der Waals surface area contributed by atoms with Crippen LogP contribution < -0.4 is 10.6 Å². The molecule has 0 saturated heterocycles. The van der Waals surface area contributed by atoms with Crippen molar-refractivity contribution in [2.24, 2.45) is 5.41 Å². The Morgan fingerprint density at radius 3 is 2.23 bits per heavy atom. The first-order valence-electron chi connectivity index (χ1n) is 15.1. The smallest absolute Gasteiger partial charge is 0.266 e. The molecule has 0 aliphatic heterocycles. The number of nitrogens with one attached hydrogen (secondary N) is 2. The highest BCUT2D eigenvalue weighted by molar-refractivity contribution is 7.85. The minimum atomic E-state index is -4.20. The molecule has 0 fully saturated rings. The SMILES string of the molecule is Cc1cc(Cl)ccc1-c1ccc(NC(=O)C(Cc2ccc(C(=O)NCCS(=O)(=O)O)cc2)c2ccc(/C=C/C(C)(C)C)cc2)c(F)c1. The summed E-state index contributed by atoms with van der Waals surface area (Å²) in [4.78, 5) is 26.2. The number of carbonyl (C=O) groups excluding carboxylic acids is 2. The van der Waals surface area contributed by atoms with E-state index in [4.69, 9.17) is 16.2 Å². The fraction of sp³-hybridized carbons (Fsp3) is 0.243. The fourth-order valence-corrected chi connectivity index (χ4v) is 5.51. The van der Waals surface area contributed by atoms with Crippen LogP contribution in [0.3, 0.4) is 0 Å². The van der Waals surface area contributed by atoms with E-state index in [2.05, 4.69) is 37.5 Å². The van der Waals surface area contributed by atoms with Gasteiger partial charge in [-0.05, 0) is 88.5 Å². The summed E-state index contributed by atoms with van der Waals surface area (Å²) >= 11 is 6.08. The van der Waals surface area contributed by atoms with Crippen molar-refractivity contribution in [2.75, 3.05) is 17.6 Å². The number of benzene rings is 4. The van der Waals surface area contributed by atoms with Crippen LogP contribution in [0.5, 0.6) is 0 Å². The van der Waals surface area contributed by atoms with Gasteiger partial charge in [-0.25, -0.2) is 4.39 Å². The molecule has 0 bridgehead atoms. The monoisotopic (exact) mass is 676 g/mol. The third-order valence-electron chi connectivity index (χ3n) is 7.46. The molecule has 3 N–H and O–H groups in total. The van der Waals surface area contributed by atoms with Gasteiger partial charge >= 0.3 is 0 Å². The van der Waals surface area contributed by atoms with Gasteiger partial charge in [0.2, 0.25) is 5.91 Å². The highest BCUT2D eigenvalue weighted by atomic mass is 35.5. The van der Waals surface area contributed by atoms with Crippen LogP contribution in [0.25, 0.3) is 17.2 Å². The number of amides is 2. The summed E-state index contributed by atoms with van der Waals surface area (Å²) in [6, 6.07) is 24.3. The Labute approximate surface area is 280 Å². The molecule has 0 aromatic heterocycles. The summed E-state index contributed by atoms with van der Waals surface area (Å²) in [5.74, 6) is -2.76. The van der Waals surface area contributed by atoms with Gasteiger partial charge in [0.25, 0.3) is 16.0 Å². The Morgan fingerprint density at radius 2 is 1.64 bits per heavy atom.